The molecule has 0 saturated heterocycles. The number of halogens is 1. The fourth-order valence-electron chi connectivity index (χ4n) is 2.62. The molecule has 1 aliphatic rings. The molecule has 90 valence electrons. The predicted octanol–water partition coefficient (Wildman–Crippen LogP) is 3.42. The van der Waals surface area contributed by atoms with Crippen molar-refractivity contribution in [2.45, 2.75) is 12.8 Å². The number of benzene rings is 2. The third-order valence-electron chi connectivity index (χ3n) is 3.53. The molecule has 0 aliphatic heterocycles. The Bertz CT molecular complexity index is 579. The lowest BCUT2D eigenvalue weighted by Crippen LogP contribution is -2.15. The molecule has 2 heteroatoms. The second kappa shape index (κ2) is 4.37. The number of rotatable bonds is 2. The van der Waals surface area contributed by atoms with Gasteiger partial charge >= 0.3 is 0 Å². The largest absolute Gasteiger partial charge is 0.294 e. The first-order chi connectivity index (χ1) is 8.74. The maximum absolute atomic E-state index is 13.1. The molecule has 0 fully saturated rings. The third kappa shape index (κ3) is 1.94. The van der Waals surface area contributed by atoms with Crippen LogP contribution in [0, 0.1) is 11.7 Å². The van der Waals surface area contributed by atoms with E-state index in [0.717, 1.165) is 12.8 Å². The van der Waals surface area contributed by atoms with E-state index in [9.17, 15) is 9.18 Å². The van der Waals surface area contributed by atoms with E-state index in [0.29, 0.717) is 5.56 Å². The van der Waals surface area contributed by atoms with Crippen molar-refractivity contribution in [1.82, 2.24) is 0 Å². The summed E-state index contributed by atoms with van der Waals surface area (Å²) in [4.78, 5) is 12.3. The zero-order valence-corrected chi connectivity index (χ0v) is 9.90. The summed E-state index contributed by atoms with van der Waals surface area (Å²) in [5.41, 5.74) is 2.97. The Balaban J connectivity index is 1.84. The van der Waals surface area contributed by atoms with Gasteiger partial charge in [-0.1, -0.05) is 36.4 Å². The lowest BCUT2D eigenvalue weighted by molar-refractivity contribution is 0.0924. The monoisotopic (exact) mass is 240 g/mol. The lowest BCUT2D eigenvalue weighted by Gasteiger charge is -2.07. The van der Waals surface area contributed by atoms with E-state index in [1.54, 1.807) is 12.1 Å². The van der Waals surface area contributed by atoms with E-state index < -0.39 is 0 Å². The quantitative estimate of drug-likeness (QED) is 0.735. The molecule has 0 saturated carbocycles. The summed E-state index contributed by atoms with van der Waals surface area (Å²) in [7, 11) is 0. The highest BCUT2D eigenvalue weighted by atomic mass is 19.1. The van der Waals surface area contributed by atoms with Crippen molar-refractivity contribution in [3.8, 4) is 0 Å². The number of ketones is 1. The first-order valence-electron chi connectivity index (χ1n) is 6.10. The summed E-state index contributed by atoms with van der Waals surface area (Å²) < 4.78 is 13.1. The van der Waals surface area contributed by atoms with Crippen LogP contribution in [0.25, 0.3) is 0 Å². The molecule has 0 amide bonds. The van der Waals surface area contributed by atoms with Crippen LogP contribution in [0.2, 0.25) is 0 Å². The summed E-state index contributed by atoms with van der Waals surface area (Å²) in [5, 5.41) is 0. The summed E-state index contributed by atoms with van der Waals surface area (Å²) in [6.07, 6.45) is 1.54. The highest BCUT2D eigenvalue weighted by molar-refractivity contribution is 5.98. The van der Waals surface area contributed by atoms with E-state index >= 15 is 0 Å². The molecule has 1 aliphatic carbocycles. The fraction of sp³-hybridized carbons (Fsp3) is 0.188. The zero-order chi connectivity index (χ0) is 12.5. The fourth-order valence-corrected chi connectivity index (χ4v) is 2.62. The molecule has 3 rings (SSSR count). The van der Waals surface area contributed by atoms with Crippen LogP contribution in [0.1, 0.15) is 21.5 Å². The van der Waals surface area contributed by atoms with Gasteiger partial charge in [0.15, 0.2) is 5.78 Å². The average Bonchev–Trinajstić information content (AvgIpc) is 2.81. The second-order valence-electron chi connectivity index (χ2n) is 4.75. The summed E-state index contributed by atoms with van der Waals surface area (Å²) >= 11 is 0. The molecule has 2 aromatic carbocycles. The van der Waals surface area contributed by atoms with Crippen LogP contribution in [0.4, 0.5) is 4.39 Å². The number of fused-ring (bicyclic) bond motifs is 1. The average molecular weight is 240 g/mol. The number of carbonyl (C=O) groups excluding carboxylic acids is 1. The summed E-state index contributed by atoms with van der Waals surface area (Å²) in [6.45, 7) is 0. The molecule has 18 heavy (non-hydrogen) atoms. The van der Waals surface area contributed by atoms with Gasteiger partial charge in [-0.25, -0.2) is 4.39 Å². The van der Waals surface area contributed by atoms with Gasteiger partial charge in [-0.05, 0) is 36.1 Å². The van der Waals surface area contributed by atoms with Crippen LogP contribution in [0.3, 0.4) is 0 Å². The zero-order valence-electron chi connectivity index (χ0n) is 9.90. The minimum atomic E-state index is -0.351. The minimum absolute atomic E-state index is 0.0378. The Morgan fingerprint density at radius 1 is 1.00 bits per heavy atom. The Kier molecular flexibility index (Phi) is 2.71. The molecule has 0 spiro atoms. The Morgan fingerprint density at radius 2 is 1.67 bits per heavy atom. The van der Waals surface area contributed by atoms with Crippen molar-refractivity contribution in [2.75, 3.05) is 0 Å². The molecule has 0 heterocycles. The van der Waals surface area contributed by atoms with Crippen LogP contribution in [0.5, 0.6) is 0 Å². The van der Waals surface area contributed by atoms with E-state index in [2.05, 4.69) is 12.1 Å². The number of Topliss-reactive ketones (excluding diaryl/α,β-unsaturated/α-hetero) is 1. The van der Waals surface area contributed by atoms with Crippen LogP contribution >= 0.6 is 0 Å². The normalized spacial score (nSPS) is 14.5. The first kappa shape index (κ1) is 11.1. The van der Waals surface area contributed by atoms with Crippen molar-refractivity contribution in [2.24, 2.45) is 5.92 Å². The van der Waals surface area contributed by atoms with Crippen molar-refractivity contribution in [3.63, 3.8) is 0 Å². The Morgan fingerprint density at radius 3 is 2.28 bits per heavy atom. The van der Waals surface area contributed by atoms with Gasteiger partial charge in [0.25, 0.3) is 0 Å². The van der Waals surface area contributed by atoms with Crippen molar-refractivity contribution in [3.05, 3.63) is 71.0 Å². The molecule has 2 aromatic rings. The minimum Gasteiger partial charge on any atom is -0.294 e. The maximum Gasteiger partial charge on any atom is 0.166 e. The van der Waals surface area contributed by atoms with Crippen molar-refractivity contribution in [1.29, 1.82) is 0 Å². The number of hydrogen-bond donors (Lipinski definition) is 0. The SMILES string of the molecule is O=C(c1cccc(F)c1)C1Cc2ccccc2C1. The summed E-state index contributed by atoms with van der Waals surface area (Å²) in [5.74, 6) is -0.341. The third-order valence-corrected chi connectivity index (χ3v) is 3.53. The van der Waals surface area contributed by atoms with E-state index in [-0.39, 0.29) is 17.5 Å². The highest BCUT2D eigenvalue weighted by Crippen LogP contribution is 2.28. The molecular weight excluding hydrogens is 227 g/mol. The van der Waals surface area contributed by atoms with Gasteiger partial charge in [0, 0.05) is 11.5 Å². The molecular formula is C16H13FO. The Labute approximate surface area is 105 Å². The smallest absolute Gasteiger partial charge is 0.166 e. The number of hydrogen-bond acceptors (Lipinski definition) is 1. The van der Waals surface area contributed by atoms with Gasteiger partial charge in [0.05, 0.1) is 0 Å². The van der Waals surface area contributed by atoms with Gasteiger partial charge < -0.3 is 0 Å². The molecule has 0 radical (unpaired) electrons. The van der Waals surface area contributed by atoms with Crippen molar-refractivity contribution >= 4 is 5.78 Å². The van der Waals surface area contributed by atoms with Crippen LogP contribution in [-0.4, -0.2) is 5.78 Å². The van der Waals surface area contributed by atoms with E-state index in [4.69, 9.17) is 0 Å². The predicted molar refractivity (Wildman–Crippen MR) is 68.1 cm³/mol. The van der Waals surface area contributed by atoms with Gasteiger partial charge in [0.1, 0.15) is 5.82 Å². The molecule has 0 bridgehead atoms. The van der Waals surface area contributed by atoms with E-state index in [1.807, 2.05) is 12.1 Å². The first-order valence-corrected chi connectivity index (χ1v) is 6.10. The molecule has 0 N–H and O–H groups in total. The molecule has 1 nitrogen and oxygen atoms in total. The second-order valence-corrected chi connectivity index (χ2v) is 4.75. The van der Waals surface area contributed by atoms with E-state index in [1.165, 1.54) is 23.3 Å². The molecule has 0 aromatic heterocycles. The van der Waals surface area contributed by atoms with Crippen LogP contribution in [-0.2, 0) is 12.8 Å². The van der Waals surface area contributed by atoms with Gasteiger partial charge in [0.2, 0.25) is 0 Å². The maximum atomic E-state index is 13.1. The highest BCUT2D eigenvalue weighted by Gasteiger charge is 2.27. The lowest BCUT2D eigenvalue weighted by atomic mass is 9.95. The molecule has 0 atom stereocenters. The van der Waals surface area contributed by atoms with Gasteiger partial charge in [-0.2, -0.15) is 0 Å². The Hall–Kier alpha value is -1.96. The van der Waals surface area contributed by atoms with Crippen LogP contribution in [0.15, 0.2) is 48.5 Å². The molecule has 0 unspecified atom stereocenters. The van der Waals surface area contributed by atoms with Crippen LogP contribution < -0.4 is 0 Å². The standard InChI is InChI=1S/C16H13FO/c17-15-7-3-6-13(10-15)16(18)14-8-11-4-1-2-5-12(11)9-14/h1-7,10,14H,8-9H2. The van der Waals surface area contributed by atoms with Crippen molar-refractivity contribution < 1.29 is 9.18 Å². The van der Waals surface area contributed by atoms with Gasteiger partial charge in [-0.15, -0.1) is 0 Å². The topological polar surface area (TPSA) is 17.1 Å². The van der Waals surface area contributed by atoms with Gasteiger partial charge in [-0.3, -0.25) is 4.79 Å². The number of carbonyl (C=O) groups is 1. The summed E-state index contributed by atoms with van der Waals surface area (Å²) in [6, 6.07) is 14.1.